The molecule has 0 unspecified atom stereocenters. The number of hydrogen-bond acceptors (Lipinski definition) is 5. The summed E-state index contributed by atoms with van der Waals surface area (Å²) in [6, 6.07) is 5.26. The molecule has 0 spiro atoms. The third kappa shape index (κ3) is 4.60. The number of hydrogen-bond donors (Lipinski definition) is 2. The number of amides is 1. The lowest BCUT2D eigenvalue weighted by Crippen LogP contribution is -2.40. The van der Waals surface area contributed by atoms with Crippen LogP contribution in [0.25, 0.3) is 0 Å². The Morgan fingerprint density at radius 3 is 2.59 bits per heavy atom. The normalized spacial score (nSPS) is 14.9. The van der Waals surface area contributed by atoms with Crippen LogP contribution in [0.4, 0.5) is 30.9 Å². The highest BCUT2D eigenvalue weighted by atomic mass is 19.1. The first-order chi connectivity index (χ1) is 12.9. The van der Waals surface area contributed by atoms with E-state index in [1.54, 1.807) is 6.07 Å². The average Bonchev–Trinajstić information content (AvgIpc) is 2.65. The van der Waals surface area contributed by atoms with Crippen molar-refractivity contribution in [1.29, 1.82) is 0 Å². The summed E-state index contributed by atoms with van der Waals surface area (Å²) in [5.74, 6) is -0.148. The van der Waals surface area contributed by atoms with Gasteiger partial charge in [-0.25, -0.2) is 23.5 Å². The number of nitrogens with one attached hydrogen (secondary N) is 1. The van der Waals surface area contributed by atoms with E-state index in [-0.39, 0.29) is 11.5 Å². The third-order valence-corrected chi connectivity index (χ3v) is 4.68. The maximum atomic E-state index is 13.8. The van der Waals surface area contributed by atoms with E-state index >= 15 is 0 Å². The van der Waals surface area contributed by atoms with Crippen LogP contribution in [-0.2, 0) is 0 Å². The summed E-state index contributed by atoms with van der Waals surface area (Å²) in [6.45, 7) is 1.76. The van der Waals surface area contributed by atoms with Crippen LogP contribution in [0.15, 0.2) is 30.6 Å². The first-order valence-corrected chi connectivity index (χ1v) is 8.66. The van der Waals surface area contributed by atoms with Crippen LogP contribution in [0.5, 0.6) is 0 Å². The Bertz CT molecular complexity index is 792. The zero-order valence-corrected chi connectivity index (χ0v) is 14.9. The summed E-state index contributed by atoms with van der Waals surface area (Å²) in [5, 5.41) is 11.7. The van der Waals surface area contributed by atoms with Crippen molar-refractivity contribution < 1.29 is 18.7 Å². The number of nitrogens with zero attached hydrogens (tertiary/aromatic N) is 4. The molecule has 0 aliphatic carbocycles. The van der Waals surface area contributed by atoms with Crippen LogP contribution in [-0.4, -0.2) is 52.7 Å². The first-order valence-electron chi connectivity index (χ1n) is 8.66. The summed E-state index contributed by atoms with van der Waals surface area (Å²) in [7, 11) is 1.87. The molecule has 0 radical (unpaired) electrons. The molecule has 0 atom stereocenters. The summed E-state index contributed by atoms with van der Waals surface area (Å²) < 4.78 is 27.6. The number of likely N-dealkylation sites (tertiary alicyclic amines) is 1. The Morgan fingerprint density at radius 1 is 1.30 bits per heavy atom. The molecule has 144 valence electrons. The molecule has 2 aromatic rings. The zero-order chi connectivity index (χ0) is 19.4. The predicted octanol–water partition coefficient (Wildman–Crippen LogP) is 3.32. The summed E-state index contributed by atoms with van der Waals surface area (Å²) in [6.07, 6.45) is 2.02. The van der Waals surface area contributed by atoms with Crippen molar-refractivity contribution in [2.75, 3.05) is 36.9 Å². The Kier molecular flexibility index (Phi) is 5.68. The van der Waals surface area contributed by atoms with Crippen LogP contribution in [0.2, 0.25) is 0 Å². The highest BCUT2D eigenvalue weighted by Gasteiger charge is 2.23. The van der Waals surface area contributed by atoms with Gasteiger partial charge < -0.3 is 20.2 Å². The van der Waals surface area contributed by atoms with Gasteiger partial charge in [0.25, 0.3) is 0 Å². The molecule has 27 heavy (non-hydrogen) atoms. The SMILES string of the molecule is CN(CC1CCN(C(=O)O)CC1)c1cc(Nc2c(F)cccc2F)ncn1. The standard InChI is InChI=1S/C18H21F2N5O2/c1-24(10-12-5-7-25(8-6-12)18(26)27)16-9-15(21-11-22-16)23-17-13(19)3-2-4-14(17)20/h2-4,9,11-12H,5-8,10H2,1H3,(H,26,27)(H,21,22,23). The summed E-state index contributed by atoms with van der Waals surface area (Å²) in [5.41, 5.74) is -0.258. The minimum Gasteiger partial charge on any atom is -0.465 e. The van der Waals surface area contributed by atoms with Crippen molar-refractivity contribution in [1.82, 2.24) is 14.9 Å². The Labute approximate surface area is 155 Å². The van der Waals surface area contributed by atoms with Crippen molar-refractivity contribution in [2.45, 2.75) is 12.8 Å². The molecule has 0 saturated carbocycles. The van der Waals surface area contributed by atoms with E-state index in [4.69, 9.17) is 5.11 Å². The first kappa shape index (κ1) is 18.8. The quantitative estimate of drug-likeness (QED) is 0.832. The van der Waals surface area contributed by atoms with E-state index < -0.39 is 17.7 Å². The molecule has 1 aliphatic heterocycles. The van der Waals surface area contributed by atoms with E-state index in [0.717, 1.165) is 12.8 Å². The van der Waals surface area contributed by atoms with Crippen molar-refractivity contribution >= 4 is 23.4 Å². The molecule has 2 N–H and O–H groups in total. The van der Waals surface area contributed by atoms with Crippen LogP contribution in [0.3, 0.4) is 0 Å². The number of halogens is 2. The summed E-state index contributed by atoms with van der Waals surface area (Å²) >= 11 is 0. The van der Waals surface area contributed by atoms with Crippen LogP contribution < -0.4 is 10.2 Å². The van der Waals surface area contributed by atoms with Crippen molar-refractivity contribution in [2.24, 2.45) is 5.92 Å². The molecule has 1 fully saturated rings. The second kappa shape index (κ2) is 8.15. The lowest BCUT2D eigenvalue weighted by atomic mass is 9.96. The molecule has 2 heterocycles. The third-order valence-electron chi connectivity index (χ3n) is 4.68. The number of benzene rings is 1. The minimum absolute atomic E-state index is 0.258. The maximum absolute atomic E-state index is 13.8. The Morgan fingerprint density at radius 2 is 1.96 bits per heavy atom. The fourth-order valence-corrected chi connectivity index (χ4v) is 3.16. The van der Waals surface area contributed by atoms with E-state index in [9.17, 15) is 13.6 Å². The van der Waals surface area contributed by atoms with E-state index in [1.807, 2.05) is 11.9 Å². The number of piperidine rings is 1. The highest BCUT2D eigenvalue weighted by Crippen LogP contribution is 2.25. The molecular weight excluding hydrogens is 356 g/mol. The van der Waals surface area contributed by atoms with Gasteiger partial charge in [0, 0.05) is 32.7 Å². The molecule has 0 bridgehead atoms. The van der Waals surface area contributed by atoms with Gasteiger partial charge in [0.15, 0.2) is 0 Å². The fourth-order valence-electron chi connectivity index (χ4n) is 3.16. The molecule has 1 aromatic carbocycles. The number of rotatable bonds is 5. The van der Waals surface area contributed by atoms with Gasteiger partial charge in [0.2, 0.25) is 0 Å². The van der Waals surface area contributed by atoms with Gasteiger partial charge in [-0.2, -0.15) is 0 Å². The largest absolute Gasteiger partial charge is 0.465 e. The minimum atomic E-state index is -0.881. The maximum Gasteiger partial charge on any atom is 0.407 e. The van der Waals surface area contributed by atoms with Crippen molar-refractivity contribution in [3.05, 3.63) is 42.2 Å². The van der Waals surface area contributed by atoms with Gasteiger partial charge in [-0.15, -0.1) is 0 Å². The van der Waals surface area contributed by atoms with Gasteiger partial charge in [-0.1, -0.05) is 6.07 Å². The smallest absolute Gasteiger partial charge is 0.407 e. The predicted molar refractivity (Wildman–Crippen MR) is 97.3 cm³/mol. The zero-order valence-electron chi connectivity index (χ0n) is 14.9. The molecule has 1 amide bonds. The molecule has 3 rings (SSSR count). The summed E-state index contributed by atoms with van der Waals surface area (Å²) in [4.78, 5) is 22.6. The van der Waals surface area contributed by atoms with E-state index in [0.29, 0.717) is 31.4 Å². The Balaban J connectivity index is 1.64. The van der Waals surface area contributed by atoms with Crippen LogP contribution in [0, 0.1) is 17.6 Å². The Hall–Kier alpha value is -2.97. The molecule has 9 heteroatoms. The molecule has 7 nitrogen and oxygen atoms in total. The van der Waals surface area contributed by atoms with Gasteiger partial charge in [0.1, 0.15) is 35.3 Å². The van der Waals surface area contributed by atoms with Gasteiger partial charge in [0.05, 0.1) is 0 Å². The van der Waals surface area contributed by atoms with Crippen molar-refractivity contribution in [3.63, 3.8) is 0 Å². The van der Waals surface area contributed by atoms with Gasteiger partial charge >= 0.3 is 6.09 Å². The van der Waals surface area contributed by atoms with Crippen molar-refractivity contribution in [3.8, 4) is 0 Å². The van der Waals surface area contributed by atoms with Gasteiger partial charge in [-0.3, -0.25) is 0 Å². The molecule has 1 aromatic heterocycles. The number of carboxylic acid groups (broad SMARTS) is 1. The molecular formula is C18H21F2N5O2. The second-order valence-corrected chi connectivity index (χ2v) is 6.58. The monoisotopic (exact) mass is 377 g/mol. The lowest BCUT2D eigenvalue weighted by Gasteiger charge is -2.32. The topological polar surface area (TPSA) is 81.6 Å². The molecule has 1 aliphatic rings. The van der Waals surface area contributed by atoms with Crippen LogP contribution >= 0.6 is 0 Å². The average molecular weight is 377 g/mol. The lowest BCUT2D eigenvalue weighted by molar-refractivity contribution is 0.125. The van der Waals surface area contributed by atoms with Gasteiger partial charge in [-0.05, 0) is 30.9 Å². The van der Waals surface area contributed by atoms with Crippen LogP contribution in [0.1, 0.15) is 12.8 Å². The van der Waals surface area contributed by atoms with E-state index in [1.165, 1.54) is 29.4 Å². The number of para-hydroxylation sites is 1. The highest BCUT2D eigenvalue weighted by molar-refractivity contribution is 5.65. The number of aromatic nitrogens is 2. The fraction of sp³-hybridized carbons (Fsp3) is 0.389. The second-order valence-electron chi connectivity index (χ2n) is 6.58. The van der Waals surface area contributed by atoms with E-state index in [2.05, 4.69) is 15.3 Å². The number of carbonyl (C=O) groups is 1. The number of anilines is 3. The molecule has 1 saturated heterocycles.